The highest BCUT2D eigenvalue weighted by atomic mass is 16.5. The molecule has 0 atom stereocenters. The molecule has 0 aliphatic carbocycles. The van der Waals surface area contributed by atoms with Gasteiger partial charge in [0.25, 0.3) is 5.91 Å². The van der Waals surface area contributed by atoms with Crippen LogP contribution in [-0.2, 0) is 0 Å². The number of amides is 1. The summed E-state index contributed by atoms with van der Waals surface area (Å²) in [6.45, 7) is 5.94. The minimum atomic E-state index is -0.233. The molecule has 106 valence electrons. The van der Waals surface area contributed by atoms with Crippen molar-refractivity contribution in [3.05, 3.63) is 53.7 Å². The summed E-state index contributed by atoms with van der Waals surface area (Å²) in [6.07, 6.45) is 1.71. The Balaban J connectivity index is 0.000000956. The maximum Gasteiger partial charge on any atom is 0.260 e. The van der Waals surface area contributed by atoms with Crippen LogP contribution in [0.2, 0.25) is 0 Å². The number of benzene rings is 1. The van der Waals surface area contributed by atoms with Crippen molar-refractivity contribution in [2.45, 2.75) is 20.8 Å². The van der Waals surface area contributed by atoms with Gasteiger partial charge in [-0.05, 0) is 30.7 Å². The first kappa shape index (κ1) is 15.7. The third kappa shape index (κ3) is 4.09. The number of pyridine rings is 1. The molecule has 0 saturated heterocycles. The minimum Gasteiger partial charge on any atom is -0.496 e. The molecule has 2 aromatic rings. The molecule has 1 heterocycles. The van der Waals surface area contributed by atoms with Gasteiger partial charge in [-0.15, -0.1) is 0 Å². The van der Waals surface area contributed by atoms with Crippen LogP contribution in [0.3, 0.4) is 0 Å². The Morgan fingerprint density at radius 2 is 1.85 bits per heavy atom. The van der Waals surface area contributed by atoms with Crippen molar-refractivity contribution in [2.24, 2.45) is 0 Å². The van der Waals surface area contributed by atoms with Crippen molar-refractivity contribution in [2.75, 3.05) is 12.4 Å². The summed E-state index contributed by atoms with van der Waals surface area (Å²) in [6, 6.07) is 10.7. The zero-order valence-corrected chi connectivity index (χ0v) is 12.3. The van der Waals surface area contributed by atoms with Crippen molar-refractivity contribution in [1.29, 1.82) is 0 Å². The van der Waals surface area contributed by atoms with Crippen LogP contribution in [0, 0.1) is 6.92 Å². The smallest absolute Gasteiger partial charge is 0.260 e. The number of nitrogens with one attached hydrogen (secondary N) is 1. The van der Waals surface area contributed by atoms with Gasteiger partial charge in [0.15, 0.2) is 0 Å². The van der Waals surface area contributed by atoms with Gasteiger partial charge in [-0.1, -0.05) is 32.0 Å². The number of rotatable bonds is 3. The lowest BCUT2D eigenvalue weighted by molar-refractivity contribution is 0.102. The van der Waals surface area contributed by atoms with Gasteiger partial charge in [0.2, 0.25) is 0 Å². The second-order valence-electron chi connectivity index (χ2n) is 3.88. The zero-order chi connectivity index (χ0) is 15.0. The van der Waals surface area contributed by atoms with Crippen LogP contribution in [-0.4, -0.2) is 18.0 Å². The Bertz CT molecular complexity index is 551. The van der Waals surface area contributed by atoms with E-state index >= 15 is 0 Å². The van der Waals surface area contributed by atoms with Crippen molar-refractivity contribution < 1.29 is 9.53 Å². The third-order valence-electron chi connectivity index (χ3n) is 2.50. The van der Waals surface area contributed by atoms with Crippen molar-refractivity contribution >= 4 is 11.7 Å². The summed E-state index contributed by atoms with van der Waals surface area (Å²) in [5.41, 5.74) is 1.53. The minimum absolute atomic E-state index is 0.233. The van der Waals surface area contributed by atoms with Crippen molar-refractivity contribution in [3.63, 3.8) is 0 Å². The van der Waals surface area contributed by atoms with Gasteiger partial charge in [0, 0.05) is 6.20 Å². The predicted molar refractivity (Wildman–Crippen MR) is 81.3 cm³/mol. The molecule has 0 radical (unpaired) electrons. The molecule has 20 heavy (non-hydrogen) atoms. The van der Waals surface area contributed by atoms with Gasteiger partial charge in [0.05, 0.1) is 12.7 Å². The Kier molecular flexibility index (Phi) is 6.23. The first-order valence-electron chi connectivity index (χ1n) is 6.58. The number of para-hydroxylation sites is 1. The molecule has 4 nitrogen and oxygen atoms in total. The van der Waals surface area contributed by atoms with Crippen LogP contribution in [0.5, 0.6) is 5.75 Å². The molecule has 4 heteroatoms. The highest BCUT2D eigenvalue weighted by Crippen LogP contribution is 2.18. The largest absolute Gasteiger partial charge is 0.496 e. The molecule has 1 aromatic carbocycles. The van der Waals surface area contributed by atoms with E-state index in [-0.39, 0.29) is 5.91 Å². The fourth-order valence-electron chi connectivity index (χ4n) is 1.56. The Labute approximate surface area is 119 Å². The number of anilines is 1. The van der Waals surface area contributed by atoms with Gasteiger partial charge in [0.1, 0.15) is 11.6 Å². The first-order chi connectivity index (χ1) is 9.70. The zero-order valence-electron chi connectivity index (χ0n) is 12.3. The van der Waals surface area contributed by atoms with Crippen LogP contribution in [0.1, 0.15) is 29.8 Å². The quantitative estimate of drug-likeness (QED) is 0.927. The highest BCUT2D eigenvalue weighted by Gasteiger charge is 2.11. The maximum absolute atomic E-state index is 12.0. The average Bonchev–Trinajstić information content (AvgIpc) is 2.51. The molecule has 0 aliphatic heterocycles. The van der Waals surface area contributed by atoms with Crippen LogP contribution in [0.4, 0.5) is 5.82 Å². The van der Waals surface area contributed by atoms with E-state index in [9.17, 15) is 4.79 Å². The molecule has 0 spiro atoms. The molecule has 0 fully saturated rings. The molecule has 0 aliphatic rings. The normalized spacial score (nSPS) is 9.20. The summed E-state index contributed by atoms with van der Waals surface area (Å²) in [5, 5.41) is 2.73. The lowest BCUT2D eigenvalue weighted by atomic mass is 10.2. The lowest BCUT2D eigenvalue weighted by Crippen LogP contribution is -2.13. The van der Waals surface area contributed by atoms with Crippen LogP contribution in [0.25, 0.3) is 0 Å². The van der Waals surface area contributed by atoms with Gasteiger partial charge >= 0.3 is 0 Å². The number of aromatic nitrogens is 1. The third-order valence-corrected chi connectivity index (χ3v) is 2.50. The molecule has 0 bridgehead atoms. The molecule has 1 N–H and O–H groups in total. The second-order valence-corrected chi connectivity index (χ2v) is 3.88. The fourth-order valence-corrected chi connectivity index (χ4v) is 1.56. The summed E-state index contributed by atoms with van der Waals surface area (Å²) < 4.78 is 5.14. The molecule has 2 rings (SSSR count). The Hall–Kier alpha value is -2.36. The topological polar surface area (TPSA) is 51.2 Å². The van der Waals surface area contributed by atoms with E-state index in [1.165, 1.54) is 7.11 Å². The number of carbonyl (C=O) groups excluding carboxylic acids is 1. The number of hydrogen-bond acceptors (Lipinski definition) is 3. The Morgan fingerprint density at radius 3 is 2.45 bits per heavy atom. The highest BCUT2D eigenvalue weighted by molar-refractivity contribution is 6.05. The summed E-state index contributed by atoms with van der Waals surface area (Å²) >= 11 is 0. The van der Waals surface area contributed by atoms with E-state index in [0.717, 1.165) is 5.56 Å². The van der Waals surface area contributed by atoms with E-state index in [4.69, 9.17) is 4.74 Å². The van der Waals surface area contributed by atoms with Crippen LogP contribution >= 0.6 is 0 Å². The van der Waals surface area contributed by atoms with E-state index in [1.54, 1.807) is 30.5 Å². The first-order valence-corrected chi connectivity index (χ1v) is 6.58. The fraction of sp³-hybridized carbons (Fsp3) is 0.250. The predicted octanol–water partition coefficient (Wildman–Crippen LogP) is 3.68. The van der Waals surface area contributed by atoms with E-state index in [2.05, 4.69) is 10.3 Å². The van der Waals surface area contributed by atoms with E-state index < -0.39 is 0 Å². The molecular formula is C16H20N2O2. The number of nitrogens with zero attached hydrogens (tertiary/aromatic N) is 1. The van der Waals surface area contributed by atoms with Crippen molar-refractivity contribution in [3.8, 4) is 5.75 Å². The maximum atomic E-state index is 12.0. The standard InChI is InChI=1S/C14H14N2O2.C2H6/c1-10-7-8-13(15-9-10)16-14(17)11-5-3-4-6-12(11)18-2;1-2/h3-9H,1-2H3,(H,15,16,17);1-2H3. The van der Waals surface area contributed by atoms with Gasteiger partial charge in [-0.25, -0.2) is 4.98 Å². The summed E-state index contributed by atoms with van der Waals surface area (Å²) in [7, 11) is 1.54. The molecule has 1 amide bonds. The van der Waals surface area contributed by atoms with Crippen LogP contribution in [0.15, 0.2) is 42.6 Å². The number of carbonyl (C=O) groups is 1. The Morgan fingerprint density at radius 1 is 1.15 bits per heavy atom. The summed E-state index contributed by atoms with van der Waals surface area (Å²) in [4.78, 5) is 16.2. The summed E-state index contributed by atoms with van der Waals surface area (Å²) in [5.74, 6) is 0.836. The lowest BCUT2D eigenvalue weighted by Gasteiger charge is -2.08. The van der Waals surface area contributed by atoms with Crippen LogP contribution < -0.4 is 10.1 Å². The van der Waals surface area contributed by atoms with Gasteiger partial charge in [-0.3, -0.25) is 4.79 Å². The number of hydrogen-bond donors (Lipinski definition) is 1. The molecular weight excluding hydrogens is 252 g/mol. The second kappa shape index (κ2) is 7.94. The number of ether oxygens (including phenoxy) is 1. The monoisotopic (exact) mass is 272 g/mol. The van der Waals surface area contributed by atoms with E-state index in [0.29, 0.717) is 17.1 Å². The molecule has 0 saturated carbocycles. The SMILES string of the molecule is CC.COc1ccccc1C(=O)Nc1ccc(C)cn1. The van der Waals surface area contributed by atoms with Crippen molar-refractivity contribution in [1.82, 2.24) is 4.98 Å². The molecule has 0 unspecified atom stereocenters. The molecule has 1 aromatic heterocycles. The number of methoxy groups -OCH3 is 1. The number of aryl methyl sites for hydroxylation is 1. The van der Waals surface area contributed by atoms with Gasteiger partial charge < -0.3 is 10.1 Å². The van der Waals surface area contributed by atoms with E-state index in [1.807, 2.05) is 32.9 Å². The van der Waals surface area contributed by atoms with Gasteiger partial charge in [-0.2, -0.15) is 0 Å². The average molecular weight is 272 g/mol.